The predicted molar refractivity (Wildman–Crippen MR) is 125 cm³/mol. The molecule has 1 saturated carbocycles. The van der Waals surface area contributed by atoms with E-state index in [1.807, 2.05) is 12.1 Å². The molecule has 1 aromatic carbocycles. The van der Waals surface area contributed by atoms with Crippen LogP contribution in [0.5, 0.6) is 0 Å². The molecule has 166 valence electrons. The Balaban J connectivity index is 1.44. The summed E-state index contributed by atoms with van der Waals surface area (Å²) in [6, 6.07) is 8.89. The largest absolute Gasteiger partial charge is 0.392 e. The van der Waals surface area contributed by atoms with Gasteiger partial charge in [-0.3, -0.25) is 0 Å². The van der Waals surface area contributed by atoms with E-state index >= 15 is 0 Å². The van der Waals surface area contributed by atoms with Crippen molar-refractivity contribution >= 4 is 0 Å². The fraction of sp³-hybridized carbons (Fsp3) is 0.630. The third-order valence-electron chi connectivity index (χ3n) is 6.76. The number of aryl methyl sites for hydroxylation is 1. The molecule has 1 aromatic rings. The van der Waals surface area contributed by atoms with Crippen LogP contribution in [0.2, 0.25) is 0 Å². The first kappa shape index (κ1) is 23.2. The molecular weight excluding hydrogens is 370 g/mol. The van der Waals surface area contributed by atoms with Gasteiger partial charge in [0.25, 0.3) is 0 Å². The molecule has 0 saturated heterocycles. The second-order valence-electron chi connectivity index (χ2n) is 9.80. The third-order valence-corrected chi connectivity index (χ3v) is 6.76. The number of rotatable bonds is 11. The maximum atomic E-state index is 10.6. The molecule has 0 heterocycles. The van der Waals surface area contributed by atoms with Crippen LogP contribution in [0, 0.1) is 24.7 Å². The maximum absolute atomic E-state index is 10.6. The summed E-state index contributed by atoms with van der Waals surface area (Å²) in [5, 5.41) is 24.5. The van der Waals surface area contributed by atoms with E-state index < -0.39 is 6.10 Å². The molecule has 0 radical (unpaired) electrons. The molecule has 0 spiro atoms. The Kier molecular flexibility index (Phi) is 8.73. The Morgan fingerprint density at radius 3 is 2.80 bits per heavy atom. The van der Waals surface area contributed by atoms with E-state index in [9.17, 15) is 10.2 Å². The van der Waals surface area contributed by atoms with Crippen molar-refractivity contribution in [2.24, 2.45) is 17.8 Å². The first-order valence-electron chi connectivity index (χ1n) is 12.0. The van der Waals surface area contributed by atoms with Gasteiger partial charge in [0.05, 0.1) is 12.2 Å². The van der Waals surface area contributed by atoms with Gasteiger partial charge in [-0.05, 0) is 63.0 Å². The summed E-state index contributed by atoms with van der Waals surface area (Å²) in [4.78, 5) is 0. The van der Waals surface area contributed by atoms with E-state index in [0.717, 1.165) is 24.9 Å². The van der Waals surface area contributed by atoms with Gasteiger partial charge in [0.15, 0.2) is 0 Å². The SMILES string of the molecule is Cc1cccc(C[C@H](O)/C=C/[C@@H]2[C@H]3CC(CCCCCNC(C)C)=C[C@H]3C[C@H]2O)c1. The zero-order valence-electron chi connectivity index (χ0n) is 19.1. The van der Waals surface area contributed by atoms with Crippen LogP contribution in [0.15, 0.2) is 48.1 Å². The highest BCUT2D eigenvalue weighted by Gasteiger charge is 2.43. The van der Waals surface area contributed by atoms with E-state index in [4.69, 9.17) is 0 Å². The zero-order valence-corrected chi connectivity index (χ0v) is 19.1. The fourth-order valence-corrected chi connectivity index (χ4v) is 5.24. The van der Waals surface area contributed by atoms with Crippen LogP contribution >= 0.6 is 0 Å². The summed E-state index contributed by atoms with van der Waals surface area (Å²) in [5.41, 5.74) is 3.97. The van der Waals surface area contributed by atoms with Crippen molar-refractivity contribution < 1.29 is 10.2 Å². The number of hydrogen-bond acceptors (Lipinski definition) is 3. The van der Waals surface area contributed by atoms with Crippen LogP contribution in [-0.4, -0.2) is 35.0 Å². The summed E-state index contributed by atoms with van der Waals surface area (Å²) < 4.78 is 0. The summed E-state index contributed by atoms with van der Waals surface area (Å²) in [6.45, 7) is 7.59. The molecule has 3 rings (SSSR count). The molecule has 3 nitrogen and oxygen atoms in total. The number of hydrogen-bond donors (Lipinski definition) is 3. The Morgan fingerprint density at radius 2 is 2.03 bits per heavy atom. The van der Waals surface area contributed by atoms with E-state index in [1.165, 1.54) is 31.2 Å². The van der Waals surface area contributed by atoms with Gasteiger partial charge in [-0.2, -0.15) is 0 Å². The Labute approximate surface area is 183 Å². The fourth-order valence-electron chi connectivity index (χ4n) is 5.24. The normalized spacial score (nSPS) is 27.1. The Morgan fingerprint density at radius 1 is 1.20 bits per heavy atom. The van der Waals surface area contributed by atoms with Crippen molar-refractivity contribution in [1.82, 2.24) is 5.32 Å². The van der Waals surface area contributed by atoms with Gasteiger partial charge in [0.2, 0.25) is 0 Å². The van der Waals surface area contributed by atoms with Crippen molar-refractivity contribution in [3.63, 3.8) is 0 Å². The maximum Gasteiger partial charge on any atom is 0.0761 e. The van der Waals surface area contributed by atoms with E-state index in [-0.39, 0.29) is 12.0 Å². The van der Waals surface area contributed by atoms with Gasteiger partial charge in [-0.25, -0.2) is 0 Å². The molecule has 0 aromatic heterocycles. The molecule has 1 fully saturated rings. The highest BCUT2D eigenvalue weighted by atomic mass is 16.3. The lowest BCUT2D eigenvalue weighted by atomic mass is 9.88. The highest BCUT2D eigenvalue weighted by Crippen LogP contribution is 2.48. The minimum Gasteiger partial charge on any atom is -0.392 e. The lowest BCUT2D eigenvalue weighted by Gasteiger charge is -2.19. The van der Waals surface area contributed by atoms with Gasteiger partial charge in [0.1, 0.15) is 0 Å². The van der Waals surface area contributed by atoms with Crippen LogP contribution in [0.3, 0.4) is 0 Å². The average molecular weight is 412 g/mol. The quantitative estimate of drug-likeness (QED) is 0.356. The van der Waals surface area contributed by atoms with E-state index in [0.29, 0.717) is 24.3 Å². The smallest absolute Gasteiger partial charge is 0.0761 e. The second kappa shape index (κ2) is 11.3. The molecule has 3 heteroatoms. The molecule has 30 heavy (non-hydrogen) atoms. The molecule has 0 unspecified atom stereocenters. The van der Waals surface area contributed by atoms with Crippen LogP contribution in [-0.2, 0) is 6.42 Å². The number of benzene rings is 1. The molecular formula is C27H41NO2. The number of allylic oxidation sites excluding steroid dienone is 2. The number of aliphatic hydroxyl groups is 2. The highest BCUT2D eigenvalue weighted by molar-refractivity contribution is 5.24. The monoisotopic (exact) mass is 411 g/mol. The van der Waals surface area contributed by atoms with Crippen molar-refractivity contribution in [2.45, 2.75) is 84.0 Å². The van der Waals surface area contributed by atoms with Gasteiger partial charge in [-0.1, -0.05) is 73.9 Å². The number of fused-ring (bicyclic) bond motifs is 1. The molecule has 0 bridgehead atoms. The lowest BCUT2D eigenvalue weighted by Crippen LogP contribution is -2.23. The number of unbranched alkanes of at least 4 members (excludes halogenated alkanes) is 2. The van der Waals surface area contributed by atoms with Crippen LogP contribution in [0.1, 0.15) is 63.5 Å². The summed E-state index contributed by atoms with van der Waals surface area (Å²) in [5.74, 6) is 1.20. The van der Waals surface area contributed by atoms with Gasteiger partial charge in [-0.15, -0.1) is 0 Å². The van der Waals surface area contributed by atoms with Crippen molar-refractivity contribution in [2.75, 3.05) is 6.54 Å². The topological polar surface area (TPSA) is 52.5 Å². The minimum absolute atomic E-state index is 0.172. The summed E-state index contributed by atoms with van der Waals surface area (Å²) in [7, 11) is 0. The second-order valence-corrected chi connectivity index (χ2v) is 9.80. The first-order chi connectivity index (χ1) is 14.4. The first-order valence-corrected chi connectivity index (χ1v) is 12.0. The number of nitrogens with one attached hydrogen (secondary N) is 1. The molecule has 2 aliphatic carbocycles. The Bertz CT molecular complexity index is 723. The summed E-state index contributed by atoms with van der Waals surface area (Å²) >= 11 is 0. The van der Waals surface area contributed by atoms with Gasteiger partial charge >= 0.3 is 0 Å². The van der Waals surface area contributed by atoms with Gasteiger partial charge in [0, 0.05) is 18.4 Å². The molecule has 3 N–H and O–H groups in total. The van der Waals surface area contributed by atoms with Crippen LogP contribution in [0.25, 0.3) is 0 Å². The van der Waals surface area contributed by atoms with Gasteiger partial charge < -0.3 is 15.5 Å². The zero-order chi connectivity index (χ0) is 21.5. The Hall–Kier alpha value is -1.42. The molecule has 5 atom stereocenters. The third kappa shape index (κ3) is 6.80. The number of aliphatic hydroxyl groups excluding tert-OH is 2. The van der Waals surface area contributed by atoms with Crippen molar-refractivity contribution in [3.05, 3.63) is 59.2 Å². The summed E-state index contributed by atoms with van der Waals surface area (Å²) in [6.07, 6.45) is 13.3. The molecule has 0 amide bonds. The van der Waals surface area contributed by atoms with Crippen molar-refractivity contribution in [1.29, 1.82) is 0 Å². The van der Waals surface area contributed by atoms with Crippen molar-refractivity contribution in [3.8, 4) is 0 Å². The van der Waals surface area contributed by atoms with E-state index in [1.54, 1.807) is 5.57 Å². The standard InChI is InChI=1S/C27H41NO2/c1-19(2)28-13-6-4-5-9-22-15-23-18-27(30)25(26(23)17-22)12-11-24(29)16-21-10-7-8-20(3)14-21/h7-8,10-12,14-15,19,23-30H,4-6,9,13,16-18H2,1-3H3/b12-11+/t23-,24+,25+,26-,27+/m0/s1. The van der Waals surface area contributed by atoms with Crippen LogP contribution < -0.4 is 5.32 Å². The molecule has 0 aliphatic heterocycles. The lowest BCUT2D eigenvalue weighted by molar-refractivity contribution is 0.140. The molecule has 2 aliphatic rings. The van der Waals surface area contributed by atoms with E-state index in [2.05, 4.69) is 56.4 Å². The predicted octanol–water partition coefficient (Wildman–Crippen LogP) is 4.96. The minimum atomic E-state index is -0.494. The average Bonchev–Trinajstić information content (AvgIpc) is 3.19. The van der Waals surface area contributed by atoms with Crippen LogP contribution in [0.4, 0.5) is 0 Å².